The Labute approximate surface area is 155 Å². The summed E-state index contributed by atoms with van der Waals surface area (Å²) in [6, 6.07) is 3.06. The lowest BCUT2D eigenvalue weighted by molar-refractivity contribution is 0.0594. The van der Waals surface area contributed by atoms with E-state index in [1.165, 1.54) is 0 Å². The summed E-state index contributed by atoms with van der Waals surface area (Å²) in [6.07, 6.45) is 0. The second kappa shape index (κ2) is 8.95. The van der Waals surface area contributed by atoms with E-state index < -0.39 is 46.3 Å². The molecule has 0 atom stereocenters. The maximum Gasteiger partial charge on any atom is 0.340 e. The van der Waals surface area contributed by atoms with Gasteiger partial charge < -0.3 is 9.84 Å². The molecule has 134 valence electrons. The molecule has 0 fully saturated rings. The average molecular weight is 488 g/mol. The van der Waals surface area contributed by atoms with E-state index in [4.69, 9.17) is 5.11 Å². The van der Waals surface area contributed by atoms with Crippen molar-refractivity contribution in [3.05, 3.63) is 67.6 Å². The van der Waals surface area contributed by atoms with Gasteiger partial charge in [0.15, 0.2) is 0 Å². The molecule has 25 heavy (non-hydrogen) atoms. The molecule has 0 saturated heterocycles. The summed E-state index contributed by atoms with van der Waals surface area (Å²) in [4.78, 5) is 21.1. The fourth-order valence-electron chi connectivity index (χ4n) is 1.48. The van der Waals surface area contributed by atoms with Gasteiger partial charge in [-0.05, 0) is 56.1 Å². The summed E-state index contributed by atoms with van der Waals surface area (Å²) >= 11 is 5.51. The third kappa shape index (κ3) is 5.53. The Bertz CT molecular complexity index is 828. The molecule has 0 heterocycles. The average Bonchev–Trinajstić information content (AvgIpc) is 2.54. The van der Waals surface area contributed by atoms with Crippen molar-refractivity contribution >= 4 is 43.8 Å². The smallest absolute Gasteiger partial charge is 0.340 e. The summed E-state index contributed by atoms with van der Waals surface area (Å²) in [5, 5.41) is 8.36. The van der Waals surface area contributed by atoms with Gasteiger partial charge in [0.2, 0.25) is 0 Å². The molecule has 0 aromatic heterocycles. The van der Waals surface area contributed by atoms with Crippen LogP contribution < -0.4 is 0 Å². The standard InChI is InChI=1S/C8H5BrF2O2.C7H3BrF2O2/c1-13-8(12)4-2-7(11)5(9)3-6(4)10;8-4-2-5(9)3(7(11)12)1-6(4)10/h2-3H,1H3;1-2H,(H,11,12). The zero-order valence-electron chi connectivity index (χ0n) is 12.2. The van der Waals surface area contributed by atoms with Crippen molar-refractivity contribution in [2.24, 2.45) is 0 Å². The van der Waals surface area contributed by atoms with E-state index in [-0.39, 0.29) is 8.95 Å². The van der Waals surface area contributed by atoms with Crippen LogP contribution in [0.1, 0.15) is 20.7 Å². The molecule has 2 rings (SSSR count). The number of esters is 1. The molecule has 0 aliphatic heterocycles. The lowest BCUT2D eigenvalue weighted by atomic mass is 10.2. The Hall–Kier alpha value is -1.94. The molecule has 2 aromatic carbocycles. The molecule has 0 bridgehead atoms. The number of carbonyl (C=O) groups excluding carboxylic acids is 1. The van der Waals surface area contributed by atoms with Gasteiger partial charge in [0, 0.05) is 0 Å². The van der Waals surface area contributed by atoms with Crippen LogP contribution in [0.4, 0.5) is 17.6 Å². The molecule has 0 amide bonds. The summed E-state index contributed by atoms with van der Waals surface area (Å²) in [5.74, 6) is -5.67. The van der Waals surface area contributed by atoms with Crippen LogP contribution in [0.2, 0.25) is 0 Å². The molecule has 1 N–H and O–H groups in total. The van der Waals surface area contributed by atoms with E-state index in [1.807, 2.05) is 0 Å². The lowest BCUT2D eigenvalue weighted by Gasteiger charge is -2.01. The normalized spacial score (nSPS) is 9.88. The number of hydrogen-bond acceptors (Lipinski definition) is 3. The minimum atomic E-state index is -1.49. The fourth-order valence-corrected chi connectivity index (χ4v) is 2.11. The Balaban J connectivity index is 0.000000251. The maximum absolute atomic E-state index is 13.0. The number of carboxylic acid groups (broad SMARTS) is 1. The van der Waals surface area contributed by atoms with Gasteiger partial charge >= 0.3 is 11.9 Å². The molecule has 0 aliphatic rings. The predicted molar refractivity (Wildman–Crippen MR) is 86.4 cm³/mol. The minimum absolute atomic E-state index is 0.0300. The zero-order valence-corrected chi connectivity index (χ0v) is 15.4. The molecule has 4 nitrogen and oxygen atoms in total. The van der Waals surface area contributed by atoms with Crippen LogP contribution in [0, 0.1) is 23.3 Å². The van der Waals surface area contributed by atoms with Crippen LogP contribution in [-0.4, -0.2) is 24.2 Å². The highest BCUT2D eigenvalue weighted by Crippen LogP contribution is 2.20. The number of hydrogen-bond donors (Lipinski definition) is 1. The predicted octanol–water partition coefficient (Wildman–Crippen LogP) is 4.94. The number of rotatable bonds is 2. The number of carbonyl (C=O) groups is 2. The molecule has 0 unspecified atom stereocenters. The second-order valence-electron chi connectivity index (χ2n) is 4.29. The van der Waals surface area contributed by atoms with Gasteiger partial charge in [-0.3, -0.25) is 0 Å². The van der Waals surface area contributed by atoms with Gasteiger partial charge in [-0.25, -0.2) is 27.2 Å². The second-order valence-corrected chi connectivity index (χ2v) is 6.00. The Morgan fingerprint density at radius 3 is 1.64 bits per heavy atom. The maximum atomic E-state index is 13.0. The number of carboxylic acids is 1. The third-order valence-corrected chi connectivity index (χ3v) is 3.87. The van der Waals surface area contributed by atoms with Crippen LogP contribution in [0.3, 0.4) is 0 Å². The van der Waals surface area contributed by atoms with Crippen LogP contribution in [0.5, 0.6) is 0 Å². The molecule has 0 saturated carbocycles. The van der Waals surface area contributed by atoms with Crippen molar-refractivity contribution < 1.29 is 37.0 Å². The molecule has 0 radical (unpaired) electrons. The quantitative estimate of drug-likeness (QED) is 0.370. The highest BCUT2D eigenvalue weighted by Gasteiger charge is 2.15. The van der Waals surface area contributed by atoms with Crippen molar-refractivity contribution in [1.29, 1.82) is 0 Å². The van der Waals surface area contributed by atoms with E-state index >= 15 is 0 Å². The monoisotopic (exact) mass is 486 g/mol. The van der Waals surface area contributed by atoms with Gasteiger partial charge in [0.1, 0.15) is 23.3 Å². The highest BCUT2D eigenvalue weighted by molar-refractivity contribution is 9.10. The van der Waals surface area contributed by atoms with Gasteiger partial charge in [-0.1, -0.05) is 0 Å². The van der Waals surface area contributed by atoms with Crippen molar-refractivity contribution in [3.8, 4) is 0 Å². The van der Waals surface area contributed by atoms with Gasteiger partial charge in [-0.15, -0.1) is 0 Å². The molecule has 0 aliphatic carbocycles. The number of benzene rings is 2. The first kappa shape index (κ1) is 21.1. The first-order valence-corrected chi connectivity index (χ1v) is 7.77. The van der Waals surface area contributed by atoms with Crippen LogP contribution in [0.25, 0.3) is 0 Å². The number of aromatic carboxylic acids is 1. The molecule has 10 heteroatoms. The van der Waals surface area contributed by atoms with E-state index in [0.717, 1.165) is 25.3 Å². The van der Waals surface area contributed by atoms with Crippen molar-refractivity contribution in [2.75, 3.05) is 7.11 Å². The van der Waals surface area contributed by atoms with E-state index in [9.17, 15) is 27.2 Å². The Morgan fingerprint density at radius 1 is 0.840 bits per heavy atom. The van der Waals surface area contributed by atoms with Crippen molar-refractivity contribution in [1.82, 2.24) is 0 Å². The van der Waals surface area contributed by atoms with Crippen molar-refractivity contribution in [3.63, 3.8) is 0 Å². The third-order valence-electron chi connectivity index (χ3n) is 2.66. The van der Waals surface area contributed by atoms with Gasteiger partial charge in [0.05, 0.1) is 27.2 Å². The molecular formula is C15H8Br2F4O4. The van der Waals surface area contributed by atoms with E-state index in [1.54, 1.807) is 0 Å². The SMILES string of the molecule is COC(=O)c1cc(F)c(Br)cc1F.O=C(O)c1cc(F)c(Br)cc1F. The van der Waals surface area contributed by atoms with Crippen LogP contribution >= 0.6 is 31.9 Å². The van der Waals surface area contributed by atoms with Gasteiger partial charge in [0.25, 0.3) is 0 Å². The number of methoxy groups -OCH3 is 1. The minimum Gasteiger partial charge on any atom is -0.478 e. The summed E-state index contributed by atoms with van der Waals surface area (Å²) < 4.78 is 55.3. The lowest BCUT2D eigenvalue weighted by Crippen LogP contribution is -2.05. The Morgan fingerprint density at radius 2 is 1.24 bits per heavy atom. The van der Waals surface area contributed by atoms with Crippen LogP contribution in [0.15, 0.2) is 33.2 Å². The molecule has 0 spiro atoms. The first-order chi connectivity index (χ1) is 11.6. The molecule has 2 aromatic rings. The zero-order chi connectivity index (χ0) is 19.3. The fraction of sp³-hybridized carbons (Fsp3) is 0.0667. The first-order valence-electron chi connectivity index (χ1n) is 6.19. The van der Waals surface area contributed by atoms with Crippen LogP contribution in [-0.2, 0) is 4.74 Å². The topological polar surface area (TPSA) is 63.6 Å². The Kier molecular flexibility index (Phi) is 7.56. The van der Waals surface area contributed by atoms with E-state index in [2.05, 4.69) is 36.6 Å². The van der Waals surface area contributed by atoms with Gasteiger partial charge in [-0.2, -0.15) is 0 Å². The molecular weight excluding hydrogens is 480 g/mol. The summed E-state index contributed by atoms with van der Waals surface area (Å²) in [5.41, 5.74) is -1.08. The largest absolute Gasteiger partial charge is 0.478 e. The summed E-state index contributed by atoms with van der Waals surface area (Å²) in [7, 11) is 1.10. The summed E-state index contributed by atoms with van der Waals surface area (Å²) in [6.45, 7) is 0. The highest BCUT2D eigenvalue weighted by atomic mass is 79.9. The number of halogens is 6. The van der Waals surface area contributed by atoms with Crippen molar-refractivity contribution in [2.45, 2.75) is 0 Å². The van der Waals surface area contributed by atoms with E-state index in [0.29, 0.717) is 6.07 Å². The number of ether oxygens (including phenoxy) is 1.